The summed E-state index contributed by atoms with van der Waals surface area (Å²) in [6, 6.07) is 4.20. The summed E-state index contributed by atoms with van der Waals surface area (Å²) in [6.07, 6.45) is 5.02. The summed E-state index contributed by atoms with van der Waals surface area (Å²) in [4.78, 5) is 8.26. The quantitative estimate of drug-likeness (QED) is 0.617. The van der Waals surface area contributed by atoms with Crippen LogP contribution in [0.1, 0.15) is 17.5 Å². The minimum absolute atomic E-state index is 0.591. The molecule has 2 aromatic rings. The molecule has 3 heteroatoms. The van der Waals surface area contributed by atoms with Gasteiger partial charge in [-0.25, -0.2) is 9.97 Å². The van der Waals surface area contributed by atoms with Crippen molar-refractivity contribution >= 4 is 22.5 Å². The zero-order valence-corrected chi connectivity index (χ0v) is 8.38. The average molecular weight is 205 g/mol. The van der Waals surface area contributed by atoms with Crippen molar-refractivity contribution < 1.29 is 0 Å². The van der Waals surface area contributed by atoms with Crippen molar-refractivity contribution in [2.75, 3.05) is 0 Å². The Morgan fingerprint density at radius 1 is 1.14 bits per heavy atom. The van der Waals surface area contributed by atoms with Crippen LogP contribution in [0.15, 0.2) is 18.5 Å². The van der Waals surface area contributed by atoms with E-state index in [4.69, 9.17) is 11.6 Å². The van der Waals surface area contributed by atoms with E-state index in [2.05, 4.69) is 16.0 Å². The number of benzene rings is 1. The van der Waals surface area contributed by atoms with Crippen molar-refractivity contribution in [3.05, 3.63) is 34.7 Å². The predicted molar refractivity (Wildman–Crippen MR) is 56.6 cm³/mol. The lowest BCUT2D eigenvalue weighted by Crippen LogP contribution is -1.90. The zero-order valence-electron chi connectivity index (χ0n) is 7.63. The molecule has 3 rings (SSSR count). The number of nitrogens with zero attached hydrogens (tertiary/aromatic N) is 2. The minimum Gasteiger partial charge on any atom is -0.236 e. The molecule has 1 aromatic heterocycles. The van der Waals surface area contributed by atoms with Crippen LogP contribution in [0, 0.1) is 0 Å². The maximum absolute atomic E-state index is 6.09. The Morgan fingerprint density at radius 2 is 2.07 bits per heavy atom. The Labute approximate surface area is 86.9 Å². The van der Waals surface area contributed by atoms with Gasteiger partial charge in [0.05, 0.1) is 5.52 Å². The molecule has 14 heavy (non-hydrogen) atoms. The van der Waals surface area contributed by atoms with E-state index in [0.29, 0.717) is 5.15 Å². The summed E-state index contributed by atoms with van der Waals surface area (Å²) in [6.45, 7) is 0. The topological polar surface area (TPSA) is 25.8 Å². The standard InChI is InChI=1S/C11H9ClN2/c12-11-10-8-3-1-2-7(8)4-5-9(10)13-6-14-11/h4-6H,1-3H2. The number of aromatic nitrogens is 2. The molecule has 0 aliphatic heterocycles. The molecule has 0 saturated carbocycles. The number of hydrogen-bond acceptors (Lipinski definition) is 2. The van der Waals surface area contributed by atoms with E-state index in [1.54, 1.807) is 0 Å². The third kappa shape index (κ3) is 1.04. The fourth-order valence-corrected chi connectivity index (χ4v) is 2.45. The van der Waals surface area contributed by atoms with Crippen molar-refractivity contribution in [3.63, 3.8) is 0 Å². The molecule has 0 amide bonds. The minimum atomic E-state index is 0.591. The van der Waals surface area contributed by atoms with Gasteiger partial charge in [0, 0.05) is 5.39 Å². The highest BCUT2D eigenvalue weighted by atomic mass is 35.5. The first-order valence-electron chi connectivity index (χ1n) is 4.77. The monoisotopic (exact) mass is 204 g/mol. The van der Waals surface area contributed by atoms with Gasteiger partial charge >= 0.3 is 0 Å². The van der Waals surface area contributed by atoms with Gasteiger partial charge in [-0.3, -0.25) is 0 Å². The maximum atomic E-state index is 6.09. The smallest absolute Gasteiger partial charge is 0.140 e. The Hall–Kier alpha value is -1.15. The second kappa shape index (κ2) is 2.92. The summed E-state index contributed by atoms with van der Waals surface area (Å²) >= 11 is 6.09. The molecule has 1 heterocycles. The van der Waals surface area contributed by atoms with E-state index >= 15 is 0 Å². The SMILES string of the molecule is Clc1ncnc2ccc3c(c12)CCC3. The van der Waals surface area contributed by atoms with Gasteiger partial charge in [-0.1, -0.05) is 17.7 Å². The molecule has 70 valence electrons. The largest absolute Gasteiger partial charge is 0.236 e. The molecule has 0 spiro atoms. The summed E-state index contributed by atoms with van der Waals surface area (Å²) in [5, 5.41) is 1.65. The van der Waals surface area contributed by atoms with Crippen LogP contribution >= 0.6 is 11.6 Å². The Balaban J connectivity index is 2.47. The summed E-state index contributed by atoms with van der Waals surface area (Å²) in [7, 11) is 0. The van der Waals surface area contributed by atoms with E-state index in [0.717, 1.165) is 23.7 Å². The Bertz CT molecular complexity index is 508. The third-order valence-corrected chi connectivity index (χ3v) is 3.12. The summed E-state index contributed by atoms with van der Waals surface area (Å²) < 4.78 is 0. The summed E-state index contributed by atoms with van der Waals surface area (Å²) in [5.41, 5.74) is 3.73. The van der Waals surface area contributed by atoms with Crippen molar-refractivity contribution in [1.29, 1.82) is 0 Å². The second-order valence-electron chi connectivity index (χ2n) is 3.62. The molecule has 0 radical (unpaired) electrons. The highest BCUT2D eigenvalue weighted by Crippen LogP contribution is 2.31. The first-order valence-corrected chi connectivity index (χ1v) is 5.15. The van der Waals surface area contributed by atoms with Crippen LogP contribution in [-0.4, -0.2) is 9.97 Å². The zero-order chi connectivity index (χ0) is 9.54. The van der Waals surface area contributed by atoms with Crippen molar-refractivity contribution in [1.82, 2.24) is 9.97 Å². The van der Waals surface area contributed by atoms with Crippen LogP contribution in [-0.2, 0) is 12.8 Å². The molecule has 1 aliphatic carbocycles. The number of fused-ring (bicyclic) bond motifs is 3. The van der Waals surface area contributed by atoms with E-state index in [-0.39, 0.29) is 0 Å². The van der Waals surface area contributed by atoms with Crippen LogP contribution in [0.25, 0.3) is 10.9 Å². The van der Waals surface area contributed by atoms with E-state index in [1.807, 2.05) is 6.07 Å². The molecule has 2 nitrogen and oxygen atoms in total. The number of halogens is 1. The van der Waals surface area contributed by atoms with E-state index in [9.17, 15) is 0 Å². The lowest BCUT2D eigenvalue weighted by atomic mass is 10.1. The van der Waals surface area contributed by atoms with Gasteiger partial charge in [-0.05, 0) is 36.5 Å². The average Bonchev–Trinajstić information content (AvgIpc) is 2.65. The normalized spacial score (nSPS) is 14.6. The lowest BCUT2D eigenvalue weighted by molar-refractivity contribution is 0.913. The second-order valence-corrected chi connectivity index (χ2v) is 3.97. The van der Waals surface area contributed by atoms with E-state index < -0.39 is 0 Å². The van der Waals surface area contributed by atoms with Crippen molar-refractivity contribution in [3.8, 4) is 0 Å². The van der Waals surface area contributed by atoms with Crippen LogP contribution in [0.3, 0.4) is 0 Å². The molecule has 0 unspecified atom stereocenters. The van der Waals surface area contributed by atoms with Crippen molar-refractivity contribution in [2.45, 2.75) is 19.3 Å². The van der Waals surface area contributed by atoms with Gasteiger partial charge in [0.25, 0.3) is 0 Å². The highest BCUT2D eigenvalue weighted by molar-refractivity contribution is 6.34. The Morgan fingerprint density at radius 3 is 3.00 bits per heavy atom. The predicted octanol–water partition coefficient (Wildman–Crippen LogP) is 2.77. The molecule has 1 aromatic carbocycles. The van der Waals surface area contributed by atoms with Gasteiger partial charge in [-0.2, -0.15) is 0 Å². The maximum Gasteiger partial charge on any atom is 0.140 e. The first-order chi connectivity index (χ1) is 6.86. The number of aryl methyl sites for hydroxylation is 2. The van der Waals surface area contributed by atoms with Gasteiger partial charge < -0.3 is 0 Å². The van der Waals surface area contributed by atoms with E-state index in [1.165, 1.54) is 23.9 Å². The first kappa shape index (κ1) is 8.18. The molecule has 0 saturated heterocycles. The highest BCUT2D eigenvalue weighted by Gasteiger charge is 2.16. The molecule has 0 bridgehead atoms. The molecule has 0 N–H and O–H groups in total. The van der Waals surface area contributed by atoms with Gasteiger partial charge in [0.2, 0.25) is 0 Å². The fraction of sp³-hybridized carbons (Fsp3) is 0.273. The van der Waals surface area contributed by atoms with Crippen LogP contribution < -0.4 is 0 Å². The number of hydrogen-bond donors (Lipinski definition) is 0. The van der Waals surface area contributed by atoms with Crippen LogP contribution in [0.5, 0.6) is 0 Å². The fourth-order valence-electron chi connectivity index (χ4n) is 2.20. The molecular weight excluding hydrogens is 196 g/mol. The molecule has 0 fully saturated rings. The Kier molecular flexibility index (Phi) is 1.71. The molecule has 0 atom stereocenters. The van der Waals surface area contributed by atoms with Crippen molar-refractivity contribution in [2.24, 2.45) is 0 Å². The summed E-state index contributed by atoms with van der Waals surface area (Å²) in [5.74, 6) is 0. The lowest BCUT2D eigenvalue weighted by Gasteiger charge is -2.04. The van der Waals surface area contributed by atoms with Crippen LogP contribution in [0.4, 0.5) is 0 Å². The number of rotatable bonds is 0. The molecular formula is C11H9ClN2. The molecule has 1 aliphatic rings. The third-order valence-electron chi connectivity index (χ3n) is 2.84. The van der Waals surface area contributed by atoms with Crippen LogP contribution in [0.2, 0.25) is 5.15 Å². The van der Waals surface area contributed by atoms with Gasteiger partial charge in [0.1, 0.15) is 11.5 Å². The van der Waals surface area contributed by atoms with Gasteiger partial charge in [0.15, 0.2) is 0 Å². The van der Waals surface area contributed by atoms with Gasteiger partial charge in [-0.15, -0.1) is 0 Å².